The van der Waals surface area contributed by atoms with Gasteiger partial charge >= 0.3 is 0 Å². The van der Waals surface area contributed by atoms with Crippen molar-refractivity contribution in [3.8, 4) is 11.5 Å². The van der Waals surface area contributed by atoms with E-state index in [1.54, 1.807) is 14.2 Å². The van der Waals surface area contributed by atoms with Crippen molar-refractivity contribution in [1.29, 1.82) is 0 Å². The van der Waals surface area contributed by atoms with E-state index in [1.807, 2.05) is 12.1 Å². The minimum Gasteiger partial charge on any atom is -0.493 e. The number of methoxy groups -OCH3 is 2. The molecule has 0 radical (unpaired) electrons. The number of carbonyl (C=O) groups is 1. The van der Waals surface area contributed by atoms with Crippen LogP contribution in [0.2, 0.25) is 0 Å². The van der Waals surface area contributed by atoms with Crippen LogP contribution in [0.25, 0.3) is 0 Å². The second kappa shape index (κ2) is 8.31. The summed E-state index contributed by atoms with van der Waals surface area (Å²) in [6.45, 7) is 4.68. The zero-order valence-electron chi connectivity index (χ0n) is 16.2. The number of aryl methyl sites for hydroxylation is 1. The minimum atomic E-state index is -0.281. The summed E-state index contributed by atoms with van der Waals surface area (Å²) in [6, 6.07) is 10.4. The van der Waals surface area contributed by atoms with Crippen molar-refractivity contribution in [2.75, 3.05) is 32.6 Å². The second-order valence-electron chi connectivity index (χ2n) is 6.90. The number of hydrogen-bond acceptors (Lipinski definition) is 5. The number of benzene rings is 2. The molecule has 1 aliphatic rings. The van der Waals surface area contributed by atoms with Gasteiger partial charge in [-0.15, -0.1) is 0 Å². The molecule has 144 valence electrons. The molecule has 3 rings (SSSR count). The largest absolute Gasteiger partial charge is 0.493 e. The molecule has 1 heterocycles. The van der Waals surface area contributed by atoms with Crippen LogP contribution in [-0.2, 0) is 24.3 Å². The molecular formula is C21H27N3O3. The van der Waals surface area contributed by atoms with Crippen molar-refractivity contribution in [3.05, 3.63) is 52.6 Å². The Kier molecular flexibility index (Phi) is 5.86. The summed E-state index contributed by atoms with van der Waals surface area (Å²) in [7, 11) is 3.29. The molecule has 2 aromatic carbocycles. The lowest BCUT2D eigenvalue weighted by atomic mass is 9.99. The van der Waals surface area contributed by atoms with Gasteiger partial charge in [-0.25, -0.2) is 0 Å². The standard InChI is InChI=1S/C21H27N3O3/c1-14-8-19(26-2)20(27-3)10-16(14)11-23-18-5-4-15-6-7-24(13-21(22)25)12-17(15)9-18/h4-5,8-10,23H,6-7,11-13H2,1-3H3,(H2,22,25). The maximum atomic E-state index is 11.2. The second-order valence-corrected chi connectivity index (χ2v) is 6.90. The van der Waals surface area contributed by atoms with Gasteiger partial charge in [0.05, 0.1) is 20.8 Å². The molecule has 0 aliphatic carbocycles. The SMILES string of the molecule is COc1cc(C)c(CNc2ccc3c(c2)CN(CC(N)=O)CC3)cc1OC. The maximum absolute atomic E-state index is 11.2. The summed E-state index contributed by atoms with van der Waals surface area (Å²) in [6.07, 6.45) is 0.942. The Morgan fingerprint density at radius 2 is 1.89 bits per heavy atom. The van der Waals surface area contributed by atoms with Gasteiger partial charge in [-0.05, 0) is 59.9 Å². The maximum Gasteiger partial charge on any atom is 0.231 e. The molecule has 27 heavy (non-hydrogen) atoms. The van der Waals surface area contributed by atoms with Crippen LogP contribution in [0.4, 0.5) is 5.69 Å². The van der Waals surface area contributed by atoms with Crippen LogP contribution in [0.3, 0.4) is 0 Å². The van der Waals surface area contributed by atoms with Gasteiger partial charge in [0, 0.05) is 25.3 Å². The Bertz CT molecular complexity index is 836. The summed E-state index contributed by atoms with van der Waals surface area (Å²) < 4.78 is 10.8. The molecule has 0 saturated heterocycles. The van der Waals surface area contributed by atoms with Crippen LogP contribution in [0.1, 0.15) is 22.3 Å². The zero-order chi connectivity index (χ0) is 19.4. The third-order valence-corrected chi connectivity index (χ3v) is 5.00. The van der Waals surface area contributed by atoms with E-state index in [4.69, 9.17) is 15.2 Å². The van der Waals surface area contributed by atoms with Gasteiger partial charge in [0.25, 0.3) is 0 Å². The van der Waals surface area contributed by atoms with Gasteiger partial charge in [0.2, 0.25) is 5.91 Å². The molecule has 0 bridgehead atoms. The number of nitrogens with two attached hydrogens (primary N) is 1. The molecule has 0 atom stereocenters. The van der Waals surface area contributed by atoms with Crippen molar-refractivity contribution >= 4 is 11.6 Å². The van der Waals surface area contributed by atoms with Gasteiger partial charge < -0.3 is 20.5 Å². The summed E-state index contributed by atoms with van der Waals surface area (Å²) in [5, 5.41) is 3.49. The first-order valence-electron chi connectivity index (χ1n) is 9.08. The van der Waals surface area contributed by atoms with E-state index < -0.39 is 0 Å². The zero-order valence-corrected chi connectivity index (χ0v) is 16.2. The van der Waals surface area contributed by atoms with Crippen LogP contribution >= 0.6 is 0 Å². The first kappa shape index (κ1) is 19.0. The Hall–Kier alpha value is -2.73. The highest BCUT2D eigenvalue weighted by Crippen LogP contribution is 2.31. The summed E-state index contributed by atoms with van der Waals surface area (Å²) in [5.74, 6) is 1.19. The average molecular weight is 369 g/mol. The molecule has 0 aromatic heterocycles. The molecule has 0 spiro atoms. The normalized spacial score (nSPS) is 13.7. The van der Waals surface area contributed by atoms with Gasteiger partial charge in [-0.3, -0.25) is 9.69 Å². The third kappa shape index (κ3) is 4.52. The average Bonchev–Trinajstić information content (AvgIpc) is 2.65. The van der Waals surface area contributed by atoms with Crippen LogP contribution < -0.4 is 20.5 Å². The van der Waals surface area contributed by atoms with Crippen molar-refractivity contribution in [3.63, 3.8) is 0 Å². The van der Waals surface area contributed by atoms with E-state index in [0.29, 0.717) is 13.1 Å². The molecule has 0 fully saturated rings. The van der Waals surface area contributed by atoms with Crippen molar-refractivity contribution < 1.29 is 14.3 Å². The number of fused-ring (bicyclic) bond motifs is 1. The molecule has 6 nitrogen and oxygen atoms in total. The number of carbonyl (C=O) groups excluding carboxylic acids is 1. The number of primary amides is 1. The Morgan fingerprint density at radius 3 is 2.59 bits per heavy atom. The first-order valence-corrected chi connectivity index (χ1v) is 9.08. The highest BCUT2D eigenvalue weighted by Gasteiger charge is 2.18. The summed E-state index contributed by atoms with van der Waals surface area (Å²) >= 11 is 0. The molecule has 3 N–H and O–H groups in total. The Balaban J connectivity index is 1.71. The summed E-state index contributed by atoms with van der Waals surface area (Å²) in [4.78, 5) is 13.3. The number of anilines is 1. The Morgan fingerprint density at radius 1 is 1.15 bits per heavy atom. The Labute approximate surface area is 160 Å². The fourth-order valence-corrected chi connectivity index (χ4v) is 3.49. The summed E-state index contributed by atoms with van der Waals surface area (Å²) in [5.41, 5.74) is 11.3. The van der Waals surface area contributed by atoms with E-state index in [1.165, 1.54) is 11.1 Å². The smallest absolute Gasteiger partial charge is 0.231 e. The van der Waals surface area contributed by atoms with Crippen LogP contribution in [-0.4, -0.2) is 38.1 Å². The van der Waals surface area contributed by atoms with E-state index in [0.717, 1.165) is 47.8 Å². The first-order chi connectivity index (χ1) is 13.0. The number of nitrogens with zero attached hydrogens (tertiary/aromatic N) is 1. The van der Waals surface area contributed by atoms with Crippen molar-refractivity contribution in [2.24, 2.45) is 5.73 Å². The number of amides is 1. The predicted molar refractivity (Wildman–Crippen MR) is 106 cm³/mol. The van der Waals surface area contributed by atoms with Gasteiger partial charge in [0.1, 0.15) is 0 Å². The van der Waals surface area contributed by atoms with E-state index >= 15 is 0 Å². The van der Waals surface area contributed by atoms with E-state index in [-0.39, 0.29) is 5.91 Å². The van der Waals surface area contributed by atoms with E-state index in [9.17, 15) is 4.79 Å². The minimum absolute atomic E-state index is 0.281. The molecule has 0 saturated carbocycles. The lowest BCUT2D eigenvalue weighted by molar-refractivity contribution is -0.119. The highest BCUT2D eigenvalue weighted by atomic mass is 16.5. The van der Waals surface area contributed by atoms with Crippen LogP contribution in [0, 0.1) is 6.92 Å². The fraction of sp³-hybridized carbons (Fsp3) is 0.381. The lowest BCUT2D eigenvalue weighted by Crippen LogP contribution is -2.37. The van der Waals surface area contributed by atoms with Crippen molar-refractivity contribution in [2.45, 2.75) is 26.4 Å². The van der Waals surface area contributed by atoms with Gasteiger partial charge in [-0.1, -0.05) is 6.07 Å². The monoisotopic (exact) mass is 369 g/mol. The molecule has 0 unspecified atom stereocenters. The van der Waals surface area contributed by atoms with E-state index in [2.05, 4.69) is 35.3 Å². The molecule has 1 amide bonds. The molecule has 1 aliphatic heterocycles. The van der Waals surface area contributed by atoms with Gasteiger partial charge in [-0.2, -0.15) is 0 Å². The number of ether oxygens (including phenoxy) is 2. The number of rotatable bonds is 7. The van der Waals surface area contributed by atoms with Crippen LogP contribution in [0.15, 0.2) is 30.3 Å². The fourth-order valence-electron chi connectivity index (χ4n) is 3.49. The molecule has 6 heteroatoms. The quantitative estimate of drug-likeness (QED) is 0.784. The van der Waals surface area contributed by atoms with Gasteiger partial charge in [0.15, 0.2) is 11.5 Å². The van der Waals surface area contributed by atoms with Crippen molar-refractivity contribution in [1.82, 2.24) is 4.90 Å². The molecule has 2 aromatic rings. The highest BCUT2D eigenvalue weighted by molar-refractivity contribution is 5.76. The lowest BCUT2D eigenvalue weighted by Gasteiger charge is -2.28. The molecular weight excluding hydrogens is 342 g/mol. The predicted octanol–water partition coefficient (Wildman–Crippen LogP) is 2.47. The number of hydrogen-bond donors (Lipinski definition) is 2. The third-order valence-electron chi connectivity index (χ3n) is 5.00. The topological polar surface area (TPSA) is 76.8 Å². The van der Waals surface area contributed by atoms with Crippen LogP contribution in [0.5, 0.6) is 11.5 Å². The number of nitrogens with one attached hydrogen (secondary N) is 1.